The molecule has 1 aliphatic rings. The standard InChI is InChI=1S/C16H17N/c1-2-6-13(7-3-1)16-10-14-8-4-5-9-15(14)11-17-12-16/h1-9,16-17H,10-12H2. The van der Waals surface area contributed by atoms with E-state index in [-0.39, 0.29) is 0 Å². The van der Waals surface area contributed by atoms with E-state index in [1.54, 1.807) is 0 Å². The van der Waals surface area contributed by atoms with Gasteiger partial charge in [-0.2, -0.15) is 0 Å². The van der Waals surface area contributed by atoms with Crippen LogP contribution in [0.25, 0.3) is 0 Å². The summed E-state index contributed by atoms with van der Waals surface area (Å²) >= 11 is 0. The fraction of sp³-hybridized carbons (Fsp3) is 0.250. The molecule has 0 radical (unpaired) electrons. The molecule has 0 aliphatic carbocycles. The molecule has 0 aromatic heterocycles. The summed E-state index contributed by atoms with van der Waals surface area (Å²) in [4.78, 5) is 0. The second-order valence-electron chi connectivity index (χ2n) is 4.71. The molecule has 1 aliphatic heterocycles. The van der Waals surface area contributed by atoms with Gasteiger partial charge in [0.2, 0.25) is 0 Å². The van der Waals surface area contributed by atoms with Crippen molar-refractivity contribution in [2.75, 3.05) is 6.54 Å². The molecule has 1 heteroatoms. The maximum absolute atomic E-state index is 3.55. The molecular formula is C16H17N. The third-order valence-corrected chi connectivity index (χ3v) is 3.56. The van der Waals surface area contributed by atoms with Crippen molar-refractivity contribution in [3.63, 3.8) is 0 Å². The zero-order valence-electron chi connectivity index (χ0n) is 9.89. The Labute approximate surface area is 102 Å². The first-order valence-electron chi connectivity index (χ1n) is 6.26. The van der Waals surface area contributed by atoms with Crippen LogP contribution in [-0.2, 0) is 13.0 Å². The average Bonchev–Trinajstić information content (AvgIpc) is 2.62. The van der Waals surface area contributed by atoms with Gasteiger partial charge in [0.05, 0.1) is 0 Å². The molecule has 2 aromatic rings. The molecule has 0 amide bonds. The zero-order valence-corrected chi connectivity index (χ0v) is 9.89. The molecule has 0 saturated carbocycles. The van der Waals surface area contributed by atoms with Gasteiger partial charge in [0, 0.05) is 19.0 Å². The van der Waals surface area contributed by atoms with Crippen molar-refractivity contribution < 1.29 is 0 Å². The van der Waals surface area contributed by atoms with Crippen LogP contribution < -0.4 is 5.32 Å². The van der Waals surface area contributed by atoms with Gasteiger partial charge in [-0.3, -0.25) is 0 Å². The molecule has 0 spiro atoms. The van der Waals surface area contributed by atoms with Crippen molar-refractivity contribution in [1.29, 1.82) is 0 Å². The van der Waals surface area contributed by atoms with E-state index in [2.05, 4.69) is 59.9 Å². The van der Waals surface area contributed by atoms with Gasteiger partial charge >= 0.3 is 0 Å². The molecule has 1 unspecified atom stereocenters. The lowest BCUT2D eigenvalue weighted by Crippen LogP contribution is -2.18. The van der Waals surface area contributed by atoms with Crippen molar-refractivity contribution in [1.82, 2.24) is 5.32 Å². The molecule has 2 aromatic carbocycles. The lowest BCUT2D eigenvalue weighted by atomic mass is 9.91. The summed E-state index contributed by atoms with van der Waals surface area (Å²) in [6.45, 7) is 2.07. The van der Waals surface area contributed by atoms with Gasteiger partial charge in [-0.1, -0.05) is 54.6 Å². The highest BCUT2D eigenvalue weighted by Gasteiger charge is 2.17. The smallest absolute Gasteiger partial charge is 0.0208 e. The van der Waals surface area contributed by atoms with Crippen molar-refractivity contribution in [3.05, 3.63) is 71.3 Å². The SMILES string of the molecule is c1ccc(C2CNCc3ccccc3C2)cc1. The van der Waals surface area contributed by atoms with E-state index >= 15 is 0 Å². The minimum absolute atomic E-state index is 0.597. The van der Waals surface area contributed by atoms with E-state index in [4.69, 9.17) is 0 Å². The van der Waals surface area contributed by atoms with E-state index in [0.29, 0.717) is 5.92 Å². The normalized spacial score (nSPS) is 19.4. The van der Waals surface area contributed by atoms with E-state index in [9.17, 15) is 0 Å². The third-order valence-electron chi connectivity index (χ3n) is 3.56. The Balaban J connectivity index is 1.91. The Morgan fingerprint density at radius 1 is 0.824 bits per heavy atom. The van der Waals surface area contributed by atoms with E-state index in [1.165, 1.54) is 16.7 Å². The average molecular weight is 223 g/mol. The van der Waals surface area contributed by atoms with Gasteiger partial charge in [-0.15, -0.1) is 0 Å². The van der Waals surface area contributed by atoms with Gasteiger partial charge in [-0.25, -0.2) is 0 Å². The lowest BCUT2D eigenvalue weighted by molar-refractivity contribution is 0.607. The molecule has 86 valence electrons. The Kier molecular flexibility index (Phi) is 2.93. The number of hydrogen-bond acceptors (Lipinski definition) is 1. The van der Waals surface area contributed by atoms with Crippen molar-refractivity contribution in [2.24, 2.45) is 0 Å². The second-order valence-corrected chi connectivity index (χ2v) is 4.71. The Hall–Kier alpha value is -1.60. The molecule has 1 N–H and O–H groups in total. The predicted octanol–water partition coefficient (Wildman–Crippen LogP) is 3.12. The predicted molar refractivity (Wildman–Crippen MR) is 71.0 cm³/mol. The molecular weight excluding hydrogens is 206 g/mol. The number of fused-ring (bicyclic) bond motifs is 1. The molecule has 1 heterocycles. The van der Waals surface area contributed by atoms with Gasteiger partial charge in [-0.05, 0) is 23.1 Å². The summed E-state index contributed by atoms with van der Waals surface area (Å²) < 4.78 is 0. The summed E-state index contributed by atoms with van der Waals surface area (Å²) in [5.41, 5.74) is 4.38. The van der Waals surface area contributed by atoms with Gasteiger partial charge in [0.15, 0.2) is 0 Å². The highest BCUT2D eigenvalue weighted by atomic mass is 14.9. The summed E-state index contributed by atoms with van der Waals surface area (Å²) in [5, 5.41) is 3.55. The van der Waals surface area contributed by atoms with Gasteiger partial charge in [0.1, 0.15) is 0 Å². The maximum Gasteiger partial charge on any atom is 0.0208 e. The molecule has 1 nitrogen and oxygen atoms in total. The first kappa shape index (κ1) is 10.5. The van der Waals surface area contributed by atoms with Gasteiger partial charge in [0.25, 0.3) is 0 Å². The number of nitrogens with one attached hydrogen (secondary N) is 1. The quantitative estimate of drug-likeness (QED) is 0.783. The molecule has 1 atom stereocenters. The molecule has 3 rings (SSSR count). The fourth-order valence-corrected chi connectivity index (χ4v) is 2.61. The van der Waals surface area contributed by atoms with Crippen LogP contribution in [0.3, 0.4) is 0 Å². The minimum atomic E-state index is 0.597. The second kappa shape index (κ2) is 4.72. The largest absolute Gasteiger partial charge is 0.312 e. The van der Waals surface area contributed by atoms with Crippen LogP contribution in [0.15, 0.2) is 54.6 Å². The van der Waals surface area contributed by atoms with E-state index in [0.717, 1.165) is 19.5 Å². The summed E-state index contributed by atoms with van der Waals surface area (Å²) in [5.74, 6) is 0.597. The zero-order chi connectivity index (χ0) is 11.5. The van der Waals surface area contributed by atoms with Crippen LogP contribution in [0.2, 0.25) is 0 Å². The monoisotopic (exact) mass is 223 g/mol. The van der Waals surface area contributed by atoms with E-state index < -0.39 is 0 Å². The number of benzene rings is 2. The Morgan fingerprint density at radius 3 is 2.35 bits per heavy atom. The van der Waals surface area contributed by atoms with Crippen LogP contribution in [0.1, 0.15) is 22.6 Å². The summed E-state index contributed by atoms with van der Waals surface area (Å²) in [6.07, 6.45) is 1.15. The first-order chi connectivity index (χ1) is 8.43. The Bertz CT molecular complexity index is 490. The highest BCUT2D eigenvalue weighted by molar-refractivity contribution is 5.32. The summed E-state index contributed by atoms with van der Waals surface area (Å²) in [6, 6.07) is 19.6. The molecule has 17 heavy (non-hydrogen) atoms. The van der Waals surface area contributed by atoms with Crippen LogP contribution in [0.4, 0.5) is 0 Å². The van der Waals surface area contributed by atoms with Crippen LogP contribution in [0.5, 0.6) is 0 Å². The highest BCUT2D eigenvalue weighted by Crippen LogP contribution is 2.24. The lowest BCUT2D eigenvalue weighted by Gasteiger charge is -2.15. The molecule has 0 saturated heterocycles. The maximum atomic E-state index is 3.55. The number of rotatable bonds is 1. The van der Waals surface area contributed by atoms with Crippen LogP contribution in [0, 0.1) is 0 Å². The Morgan fingerprint density at radius 2 is 1.53 bits per heavy atom. The van der Waals surface area contributed by atoms with Crippen molar-refractivity contribution in [3.8, 4) is 0 Å². The van der Waals surface area contributed by atoms with E-state index in [1.807, 2.05) is 0 Å². The first-order valence-corrected chi connectivity index (χ1v) is 6.26. The fourth-order valence-electron chi connectivity index (χ4n) is 2.61. The van der Waals surface area contributed by atoms with Crippen LogP contribution in [-0.4, -0.2) is 6.54 Å². The van der Waals surface area contributed by atoms with Crippen molar-refractivity contribution >= 4 is 0 Å². The molecule has 0 fully saturated rings. The number of hydrogen-bond donors (Lipinski definition) is 1. The third kappa shape index (κ3) is 2.25. The van der Waals surface area contributed by atoms with Crippen molar-refractivity contribution in [2.45, 2.75) is 18.9 Å². The van der Waals surface area contributed by atoms with Gasteiger partial charge < -0.3 is 5.32 Å². The minimum Gasteiger partial charge on any atom is -0.312 e. The topological polar surface area (TPSA) is 12.0 Å². The molecule has 0 bridgehead atoms. The van der Waals surface area contributed by atoms with Crippen LogP contribution >= 0.6 is 0 Å². The summed E-state index contributed by atoms with van der Waals surface area (Å²) in [7, 11) is 0.